The van der Waals surface area contributed by atoms with Crippen molar-refractivity contribution in [2.24, 2.45) is 0 Å². The minimum atomic E-state index is -4.27. The first kappa shape index (κ1) is 32.7. The molecule has 0 saturated carbocycles. The van der Waals surface area contributed by atoms with Crippen LogP contribution in [-0.4, -0.2) is 43.8 Å². The van der Waals surface area contributed by atoms with Gasteiger partial charge in [-0.1, -0.05) is 84.4 Å². The summed E-state index contributed by atoms with van der Waals surface area (Å²) in [6.07, 6.45) is 0.126. The highest BCUT2D eigenvalue weighted by Gasteiger charge is 2.35. The molecule has 0 bridgehead atoms. The molecule has 4 aromatic carbocycles. The van der Waals surface area contributed by atoms with Gasteiger partial charge in [0.15, 0.2) is 0 Å². The lowest BCUT2D eigenvalue weighted by atomic mass is 10.0. The fourth-order valence-electron chi connectivity index (χ4n) is 4.83. The topological polar surface area (TPSA) is 86.8 Å². The smallest absolute Gasteiger partial charge is 0.264 e. The number of carbonyl (C=O) groups is 2. The first-order chi connectivity index (χ1) is 21.0. The summed E-state index contributed by atoms with van der Waals surface area (Å²) in [5.74, 6) is -1.68. The molecule has 1 atom stereocenters. The van der Waals surface area contributed by atoms with E-state index < -0.39 is 40.2 Å². The Morgan fingerprint density at radius 2 is 1.50 bits per heavy atom. The summed E-state index contributed by atoms with van der Waals surface area (Å²) in [7, 11) is -4.27. The van der Waals surface area contributed by atoms with Crippen LogP contribution in [0, 0.1) is 12.7 Å². The molecule has 10 heteroatoms. The SMILES string of the molecule is Cc1ccc(Cl)cc1N(CC(=O)N(Cc1ccccc1F)C(Cc1ccccc1)C(=O)NC(C)C)S(=O)(=O)c1ccccc1. The Morgan fingerprint density at radius 3 is 2.14 bits per heavy atom. The fraction of sp³-hybridized carbons (Fsp3) is 0.235. The van der Waals surface area contributed by atoms with Gasteiger partial charge in [0.1, 0.15) is 18.4 Å². The lowest BCUT2D eigenvalue weighted by Gasteiger charge is -2.34. The van der Waals surface area contributed by atoms with Gasteiger partial charge in [-0.25, -0.2) is 12.8 Å². The lowest BCUT2D eigenvalue weighted by molar-refractivity contribution is -0.140. The van der Waals surface area contributed by atoms with Crippen LogP contribution >= 0.6 is 11.6 Å². The zero-order valence-electron chi connectivity index (χ0n) is 24.8. The molecule has 1 N–H and O–H groups in total. The molecular formula is C34H35ClFN3O4S. The number of nitrogens with one attached hydrogen (secondary N) is 1. The predicted octanol–water partition coefficient (Wildman–Crippen LogP) is 6.15. The minimum absolute atomic E-state index is 0.0220. The average molecular weight is 636 g/mol. The van der Waals surface area contributed by atoms with Crippen molar-refractivity contribution in [2.75, 3.05) is 10.8 Å². The summed E-state index contributed by atoms with van der Waals surface area (Å²) in [6.45, 7) is 4.40. The highest BCUT2D eigenvalue weighted by Crippen LogP contribution is 2.30. The first-order valence-corrected chi connectivity index (χ1v) is 16.0. The van der Waals surface area contributed by atoms with Crippen molar-refractivity contribution in [2.45, 2.75) is 50.7 Å². The van der Waals surface area contributed by atoms with E-state index in [1.54, 1.807) is 57.2 Å². The Hall–Kier alpha value is -4.21. The van der Waals surface area contributed by atoms with E-state index in [2.05, 4.69) is 5.32 Å². The fourth-order valence-corrected chi connectivity index (χ4v) is 6.49. The molecule has 2 amide bonds. The molecule has 4 rings (SSSR count). The molecular weight excluding hydrogens is 601 g/mol. The van der Waals surface area contributed by atoms with Crippen molar-refractivity contribution >= 4 is 39.1 Å². The second-order valence-electron chi connectivity index (χ2n) is 10.7. The molecule has 0 heterocycles. The largest absolute Gasteiger partial charge is 0.352 e. The van der Waals surface area contributed by atoms with Crippen molar-refractivity contribution in [3.05, 3.63) is 131 Å². The maximum Gasteiger partial charge on any atom is 0.264 e. The van der Waals surface area contributed by atoms with E-state index in [-0.39, 0.29) is 40.2 Å². The van der Waals surface area contributed by atoms with Crippen LogP contribution in [0.4, 0.5) is 10.1 Å². The normalized spacial score (nSPS) is 12.0. The lowest BCUT2D eigenvalue weighted by Crippen LogP contribution is -2.54. The van der Waals surface area contributed by atoms with Crippen LogP contribution in [0.1, 0.15) is 30.5 Å². The van der Waals surface area contributed by atoms with Crippen LogP contribution in [0.5, 0.6) is 0 Å². The average Bonchev–Trinajstić information content (AvgIpc) is 3.00. The van der Waals surface area contributed by atoms with Gasteiger partial charge in [-0.2, -0.15) is 0 Å². The quantitative estimate of drug-likeness (QED) is 0.202. The van der Waals surface area contributed by atoms with Gasteiger partial charge in [0.25, 0.3) is 10.0 Å². The van der Waals surface area contributed by atoms with Crippen molar-refractivity contribution < 1.29 is 22.4 Å². The molecule has 0 saturated heterocycles. The van der Waals surface area contributed by atoms with Crippen LogP contribution in [0.3, 0.4) is 0 Å². The van der Waals surface area contributed by atoms with Crippen LogP contribution in [0.25, 0.3) is 0 Å². The molecule has 0 spiro atoms. The van der Waals surface area contributed by atoms with E-state index in [1.165, 1.54) is 41.3 Å². The molecule has 44 heavy (non-hydrogen) atoms. The number of hydrogen-bond acceptors (Lipinski definition) is 4. The molecule has 0 fully saturated rings. The summed E-state index contributed by atoms with van der Waals surface area (Å²) in [5, 5.41) is 3.17. The number of hydrogen-bond donors (Lipinski definition) is 1. The van der Waals surface area contributed by atoms with Gasteiger partial charge >= 0.3 is 0 Å². The number of aryl methyl sites for hydroxylation is 1. The first-order valence-electron chi connectivity index (χ1n) is 14.2. The number of carbonyl (C=O) groups excluding carboxylic acids is 2. The Morgan fingerprint density at radius 1 is 0.886 bits per heavy atom. The Balaban J connectivity index is 1.84. The standard InChI is InChI=1S/C34H35ClFN3O4S/c1-24(2)37-34(41)32(20-26-12-6-4-7-13-26)38(22-27-14-10-11-17-30(27)36)33(40)23-39(31-21-28(35)19-18-25(31)3)44(42,43)29-15-8-5-9-16-29/h4-19,21,24,32H,20,22-23H2,1-3H3,(H,37,41). The summed E-state index contributed by atoms with van der Waals surface area (Å²) in [6, 6.07) is 26.4. The Labute approximate surface area is 263 Å². The monoisotopic (exact) mass is 635 g/mol. The molecule has 4 aromatic rings. The Bertz CT molecular complexity index is 1700. The number of halogens is 2. The summed E-state index contributed by atoms with van der Waals surface area (Å²) in [5.41, 5.74) is 1.75. The van der Waals surface area contributed by atoms with Crippen molar-refractivity contribution in [3.63, 3.8) is 0 Å². The van der Waals surface area contributed by atoms with Gasteiger partial charge in [0.2, 0.25) is 11.8 Å². The van der Waals surface area contributed by atoms with E-state index >= 15 is 0 Å². The van der Waals surface area contributed by atoms with E-state index in [1.807, 2.05) is 30.3 Å². The van der Waals surface area contributed by atoms with Gasteiger partial charge in [-0.15, -0.1) is 0 Å². The number of anilines is 1. The van der Waals surface area contributed by atoms with Gasteiger partial charge in [0, 0.05) is 29.6 Å². The van der Waals surface area contributed by atoms with Gasteiger partial charge in [-0.05, 0) is 62.2 Å². The van der Waals surface area contributed by atoms with Crippen molar-refractivity contribution in [3.8, 4) is 0 Å². The molecule has 0 aromatic heterocycles. The van der Waals surface area contributed by atoms with Gasteiger partial charge < -0.3 is 10.2 Å². The molecule has 7 nitrogen and oxygen atoms in total. The number of sulfonamides is 1. The van der Waals surface area contributed by atoms with E-state index in [4.69, 9.17) is 11.6 Å². The van der Waals surface area contributed by atoms with E-state index in [9.17, 15) is 22.4 Å². The van der Waals surface area contributed by atoms with Crippen LogP contribution < -0.4 is 9.62 Å². The number of amides is 2. The maximum atomic E-state index is 15.0. The van der Waals surface area contributed by atoms with Crippen LogP contribution in [0.2, 0.25) is 5.02 Å². The molecule has 230 valence electrons. The summed E-state index contributed by atoms with van der Waals surface area (Å²) in [4.78, 5) is 29.4. The number of rotatable bonds is 12. The number of benzene rings is 4. The zero-order valence-corrected chi connectivity index (χ0v) is 26.4. The highest BCUT2D eigenvalue weighted by atomic mass is 35.5. The van der Waals surface area contributed by atoms with E-state index in [0.29, 0.717) is 5.56 Å². The molecule has 0 aliphatic carbocycles. The summed E-state index contributed by atoms with van der Waals surface area (Å²) < 4.78 is 44.2. The maximum absolute atomic E-state index is 15.0. The Kier molecular flexibility index (Phi) is 10.8. The van der Waals surface area contributed by atoms with Gasteiger partial charge in [0.05, 0.1) is 10.6 Å². The third-order valence-corrected chi connectivity index (χ3v) is 9.06. The second kappa shape index (κ2) is 14.5. The third-order valence-electron chi connectivity index (χ3n) is 7.05. The highest BCUT2D eigenvalue weighted by molar-refractivity contribution is 7.92. The van der Waals surface area contributed by atoms with Gasteiger partial charge in [-0.3, -0.25) is 13.9 Å². The molecule has 0 radical (unpaired) electrons. The molecule has 0 aliphatic rings. The second-order valence-corrected chi connectivity index (χ2v) is 13.0. The minimum Gasteiger partial charge on any atom is -0.352 e. The van der Waals surface area contributed by atoms with Crippen LogP contribution in [-0.2, 0) is 32.6 Å². The van der Waals surface area contributed by atoms with Crippen LogP contribution in [0.15, 0.2) is 108 Å². The van der Waals surface area contributed by atoms with E-state index in [0.717, 1.165) is 9.87 Å². The van der Waals surface area contributed by atoms with Crippen molar-refractivity contribution in [1.82, 2.24) is 10.2 Å². The number of nitrogens with zero attached hydrogens (tertiary/aromatic N) is 2. The molecule has 0 aliphatic heterocycles. The third kappa shape index (κ3) is 8.03. The van der Waals surface area contributed by atoms with Crippen molar-refractivity contribution in [1.29, 1.82) is 0 Å². The summed E-state index contributed by atoms with van der Waals surface area (Å²) >= 11 is 6.30. The zero-order chi connectivity index (χ0) is 31.9. The molecule has 1 unspecified atom stereocenters. The predicted molar refractivity (Wildman–Crippen MR) is 171 cm³/mol.